The van der Waals surface area contributed by atoms with Gasteiger partial charge in [0.05, 0.1) is 18.1 Å². The Balaban J connectivity index is 2.28. The van der Waals surface area contributed by atoms with Crippen LogP contribution in [0.5, 0.6) is 0 Å². The molecule has 1 aromatic heterocycles. The lowest BCUT2D eigenvalue weighted by molar-refractivity contribution is 0.102. The molecule has 104 valence electrons. The standard InChI is InChI=1S/C11H8Br3N5O/c12-5-1-6(13)10(7(14)2-5)18-11(20)8-3-16-4-9(17-8)19-15/h1-4H,15H2,(H,17,19)(H,18,20). The van der Waals surface area contributed by atoms with Crippen molar-refractivity contribution < 1.29 is 4.79 Å². The van der Waals surface area contributed by atoms with Gasteiger partial charge in [-0.05, 0) is 44.0 Å². The Labute approximate surface area is 139 Å². The van der Waals surface area contributed by atoms with E-state index in [1.54, 1.807) is 0 Å². The Morgan fingerprint density at radius 2 is 1.80 bits per heavy atom. The number of halogens is 3. The molecule has 9 heteroatoms. The maximum Gasteiger partial charge on any atom is 0.276 e. The largest absolute Gasteiger partial charge is 0.319 e. The predicted molar refractivity (Wildman–Crippen MR) is 87.3 cm³/mol. The van der Waals surface area contributed by atoms with E-state index in [2.05, 4.69) is 68.5 Å². The highest BCUT2D eigenvalue weighted by atomic mass is 79.9. The van der Waals surface area contributed by atoms with Gasteiger partial charge in [-0.2, -0.15) is 0 Å². The van der Waals surface area contributed by atoms with Crippen LogP contribution >= 0.6 is 47.8 Å². The fourth-order valence-corrected chi connectivity index (χ4v) is 3.84. The molecule has 0 aliphatic carbocycles. The lowest BCUT2D eigenvalue weighted by Gasteiger charge is -2.10. The summed E-state index contributed by atoms with van der Waals surface area (Å²) in [6.45, 7) is 0. The second-order valence-corrected chi connectivity index (χ2v) is 6.26. The molecule has 0 unspecified atom stereocenters. The molecule has 20 heavy (non-hydrogen) atoms. The van der Waals surface area contributed by atoms with Gasteiger partial charge in [-0.1, -0.05) is 15.9 Å². The maximum atomic E-state index is 12.1. The van der Waals surface area contributed by atoms with Crippen LogP contribution in [-0.4, -0.2) is 15.9 Å². The number of benzene rings is 1. The number of hydrazine groups is 1. The van der Waals surface area contributed by atoms with Gasteiger partial charge in [0.1, 0.15) is 5.69 Å². The molecular weight excluding hydrogens is 458 g/mol. The molecule has 4 N–H and O–H groups in total. The van der Waals surface area contributed by atoms with E-state index in [0.29, 0.717) is 11.5 Å². The van der Waals surface area contributed by atoms with Crippen molar-refractivity contribution >= 4 is 65.2 Å². The number of carbonyl (C=O) groups is 1. The number of anilines is 2. The molecule has 0 radical (unpaired) electrons. The van der Waals surface area contributed by atoms with E-state index in [9.17, 15) is 4.79 Å². The first-order chi connectivity index (χ1) is 9.51. The number of aromatic nitrogens is 2. The molecule has 1 aromatic carbocycles. The average molecular weight is 466 g/mol. The first-order valence-corrected chi connectivity index (χ1v) is 7.63. The number of nitrogens with one attached hydrogen (secondary N) is 2. The number of nitrogen functional groups attached to an aromatic ring is 1. The number of amides is 1. The van der Waals surface area contributed by atoms with E-state index in [4.69, 9.17) is 5.84 Å². The SMILES string of the molecule is NNc1cncc(C(=O)Nc2c(Br)cc(Br)cc2Br)n1. The minimum Gasteiger partial charge on any atom is -0.319 e. The van der Waals surface area contributed by atoms with Crippen LogP contribution in [-0.2, 0) is 0 Å². The van der Waals surface area contributed by atoms with E-state index in [-0.39, 0.29) is 5.69 Å². The second kappa shape index (κ2) is 6.61. The van der Waals surface area contributed by atoms with Crippen molar-refractivity contribution in [1.82, 2.24) is 9.97 Å². The molecule has 0 saturated carbocycles. The normalized spacial score (nSPS) is 10.2. The van der Waals surface area contributed by atoms with Crippen LogP contribution in [0, 0.1) is 0 Å². The Morgan fingerprint density at radius 3 is 2.40 bits per heavy atom. The molecule has 2 aromatic rings. The summed E-state index contributed by atoms with van der Waals surface area (Å²) in [5, 5.41) is 2.75. The third-order valence-corrected chi connectivity index (χ3v) is 3.97. The van der Waals surface area contributed by atoms with Crippen molar-refractivity contribution in [3.05, 3.63) is 43.6 Å². The Kier molecular flexibility index (Phi) is 5.08. The van der Waals surface area contributed by atoms with Crippen LogP contribution in [0.25, 0.3) is 0 Å². The highest BCUT2D eigenvalue weighted by molar-refractivity contribution is 9.11. The summed E-state index contributed by atoms with van der Waals surface area (Å²) in [5.74, 6) is 5.15. The fraction of sp³-hybridized carbons (Fsp3) is 0. The zero-order valence-corrected chi connectivity index (χ0v) is 14.6. The third kappa shape index (κ3) is 3.54. The summed E-state index contributed by atoms with van der Waals surface area (Å²) in [6.07, 6.45) is 2.78. The first kappa shape index (κ1) is 15.4. The van der Waals surface area contributed by atoms with Crippen molar-refractivity contribution in [3.8, 4) is 0 Å². The van der Waals surface area contributed by atoms with Crippen molar-refractivity contribution in [2.75, 3.05) is 10.7 Å². The number of carbonyl (C=O) groups excluding carboxylic acids is 1. The van der Waals surface area contributed by atoms with Crippen LogP contribution in [0.15, 0.2) is 37.9 Å². The monoisotopic (exact) mass is 463 g/mol. The molecular formula is C11H8Br3N5O. The number of nitrogens with zero attached hydrogens (tertiary/aromatic N) is 2. The van der Waals surface area contributed by atoms with Crippen LogP contribution < -0.4 is 16.6 Å². The van der Waals surface area contributed by atoms with E-state index in [0.717, 1.165) is 13.4 Å². The van der Waals surface area contributed by atoms with Gasteiger partial charge in [0.15, 0.2) is 5.82 Å². The van der Waals surface area contributed by atoms with Gasteiger partial charge in [0, 0.05) is 13.4 Å². The van der Waals surface area contributed by atoms with Crippen molar-refractivity contribution in [3.63, 3.8) is 0 Å². The first-order valence-electron chi connectivity index (χ1n) is 5.26. The number of nitrogens with two attached hydrogens (primary N) is 1. The Morgan fingerprint density at radius 1 is 1.15 bits per heavy atom. The van der Waals surface area contributed by atoms with Crippen molar-refractivity contribution in [2.24, 2.45) is 5.84 Å². The number of rotatable bonds is 3. The Hall–Kier alpha value is -1.03. The van der Waals surface area contributed by atoms with Crippen LogP contribution in [0.4, 0.5) is 11.5 Å². The number of hydrogen-bond donors (Lipinski definition) is 3. The number of hydrogen-bond acceptors (Lipinski definition) is 5. The van der Waals surface area contributed by atoms with Crippen LogP contribution in [0.1, 0.15) is 10.5 Å². The smallest absolute Gasteiger partial charge is 0.276 e. The maximum absolute atomic E-state index is 12.1. The molecule has 0 spiro atoms. The third-order valence-electron chi connectivity index (χ3n) is 2.26. The van der Waals surface area contributed by atoms with Gasteiger partial charge in [-0.3, -0.25) is 9.78 Å². The molecule has 0 atom stereocenters. The van der Waals surface area contributed by atoms with Gasteiger partial charge in [0.2, 0.25) is 0 Å². The molecule has 0 bridgehead atoms. The molecule has 1 heterocycles. The second-order valence-electron chi connectivity index (χ2n) is 3.63. The van der Waals surface area contributed by atoms with Crippen LogP contribution in [0.3, 0.4) is 0 Å². The molecule has 6 nitrogen and oxygen atoms in total. The van der Waals surface area contributed by atoms with E-state index in [1.807, 2.05) is 12.1 Å². The fourth-order valence-electron chi connectivity index (χ4n) is 1.38. The van der Waals surface area contributed by atoms with Crippen molar-refractivity contribution in [2.45, 2.75) is 0 Å². The molecule has 0 fully saturated rings. The highest BCUT2D eigenvalue weighted by Gasteiger charge is 2.14. The van der Waals surface area contributed by atoms with E-state index >= 15 is 0 Å². The lowest BCUT2D eigenvalue weighted by atomic mass is 10.3. The summed E-state index contributed by atoms with van der Waals surface area (Å²) in [6, 6.07) is 3.65. The van der Waals surface area contributed by atoms with E-state index in [1.165, 1.54) is 12.4 Å². The topological polar surface area (TPSA) is 92.9 Å². The summed E-state index contributed by atoms with van der Waals surface area (Å²) in [7, 11) is 0. The van der Waals surface area contributed by atoms with E-state index < -0.39 is 5.91 Å². The minimum atomic E-state index is -0.390. The molecule has 0 saturated heterocycles. The van der Waals surface area contributed by atoms with Gasteiger partial charge < -0.3 is 10.7 Å². The lowest BCUT2D eigenvalue weighted by Crippen LogP contribution is -2.17. The molecule has 1 amide bonds. The Bertz CT molecular complexity index is 641. The summed E-state index contributed by atoms with van der Waals surface area (Å²) in [4.78, 5) is 20.0. The quantitative estimate of drug-likeness (QED) is 0.477. The zero-order chi connectivity index (χ0) is 14.7. The average Bonchev–Trinajstić information content (AvgIpc) is 2.42. The molecule has 0 aliphatic heterocycles. The summed E-state index contributed by atoms with van der Waals surface area (Å²) < 4.78 is 2.34. The minimum absolute atomic E-state index is 0.155. The van der Waals surface area contributed by atoms with Gasteiger partial charge in [0.25, 0.3) is 5.91 Å². The summed E-state index contributed by atoms with van der Waals surface area (Å²) in [5.41, 5.74) is 3.10. The zero-order valence-electron chi connectivity index (χ0n) is 9.82. The van der Waals surface area contributed by atoms with Gasteiger partial charge >= 0.3 is 0 Å². The van der Waals surface area contributed by atoms with Crippen LogP contribution in [0.2, 0.25) is 0 Å². The predicted octanol–water partition coefficient (Wildman–Crippen LogP) is 3.30. The highest BCUT2D eigenvalue weighted by Crippen LogP contribution is 2.34. The van der Waals surface area contributed by atoms with Gasteiger partial charge in [-0.15, -0.1) is 0 Å². The molecule has 2 rings (SSSR count). The van der Waals surface area contributed by atoms with Crippen molar-refractivity contribution in [1.29, 1.82) is 0 Å². The summed E-state index contributed by atoms with van der Waals surface area (Å²) >= 11 is 10.1. The molecule has 0 aliphatic rings. The van der Waals surface area contributed by atoms with Gasteiger partial charge in [-0.25, -0.2) is 10.8 Å².